The van der Waals surface area contributed by atoms with Crippen molar-refractivity contribution >= 4 is 6.29 Å². The Hall–Kier alpha value is -1.55. The molecule has 0 aliphatic heterocycles. The van der Waals surface area contributed by atoms with Crippen molar-refractivity contribution in [1.29, 1.82) is 0 Å². The number of carbonyl (C=O) groups excluding carboxylic acids is 1. The Morgan fingerprint density at radius 3 is 1.89 bits per heavy atom. The van der Waals surface area contributed by atoms with Crippen LogP contribution in [0.1, 0.15) is 20.8 Å². The largest absolute Gasteiger partial charge is 0.494 e. The summed E-state index contributed by atoms with van der Waals surface area (Å²) in [6, 6.07) is 7.35. The predicted octanol–water partition coefficient (Wildman–Crippen LogP) is 2.95. The molecule has 0 N–H and O–H groups in total. The number of hydrogen-bond acceptors (Lipinski definition) is 4. The summed E-state index contributed by atoms with van der Waals surface area (Å²) >= 11 is 0. The Bertz CT molecular complexity index is 282. The molecular weight excluding hydrogens is 232 g/mol. The van der Waals surface area contributed by atoms with Gasteiger partial charge in [0.2, 0.25) is 0 Å². The summed E-state index contributed by atoms with van der Waals surface area (Å²) in [5, 5.41) is 0. The molecule has 0 unspecified atom stereocenters. The fourth-order valence-electron chi connectivity index (χ4n) is 1.02. The van der Waals surface area contributed by atoms with E-state index in [4.69, 9.17) is 9.47 Å². The van der Waals surface area contributed by atoms with Crippen LogP contribution in [-0.2, 0) is 9.53 Å². The van der Waals surface area contributed by atoms with Crippen molar-refractivity contribution in [1.82, 2.24) is 0 Å². The zero-order valence-electron chi connectivity index (χ0n) is 10.6. The average Bonchev–Trinajstić information content (AvgIpc) is 2.33. The number of hydrogen-bond donors (Lipinski definition) is 0. The van der Waals surface area contributed by atoms with Crippen molar-refractivity contribution in [2.45, 2.75) is 20.8 Å². The van der Waals surface area contributed by atoms with Crippen LogP contribution in [0, 0.1) is 0 Å². The minimum atomic E-state index is 0. The lowest BCUT2D eigenvalue weighted by molar-refractivity contribution is -0.108. The van der Waals surface area contributed by atoms with Gasteiger partial charge < -0.3 is 19.0 Å². The maximum Gasteiger partial charge on any atom is 0.123 e. The first-order valence-electron chi connectivity index (χ1n) is 5.47. The van der Waals surface area contributed by atoms with E-state index in [2.05, 4.69) is 4.74 Å². The monoisotopic (exact) mass is 256 g/mol. The predicted molar refractivity (Wildman–Crippen MR) is 73.5 cm³/mol. The van der Waals surface area contributed by atoms with Crippen LogP contribution in [0.5, 0.6) is 11.5 Å². The van der Waals surface area contributed by atoms with Crippen molar-refractivity contribution < 1.29 is 19.0 Å². The summed E-state index contributed by atoms with van der Waals surface area (Å²) in [5.41, 5.74) is 0. The zero-order valence-corrected chi connectivity index (χ0v) is 10.6. The second-order valence-corrected chi connectivity index (χ2v) is 3.12. The van der Waals surface area contributed by atoms with Crippen LogP contribution in [0.15, 0.2) is 24.3 Å². The molecule has 1 aromatic rings. The second-order valence-electron chi connectivity index (χ2n) is 3.12. The first-order valence-corrected chi connectivity index (χ1v) is 5.47. The highest BCUT2D eigenvalue weighted by molar-refractivity contribution is 5.49. The SMILES string of the molecule is C.CCOc1ccc(OCCC=O)cc1.COC. The average molecular weight is 256 g/mol. The molecule has 1 rings (SSSR count). The number of carbonyl (C=O) groups is 1. The van der Waals surface area contributed by atoms with Crippen LogP contribution in [0.4, 0.5) is 0 Å². The first kappa shape index (κ1) is 18.8. The molecule has 4 nitrogen and oxygen atoms in total. The minimum Gasteiger partial charge on any atom is -0.494 e. The molecule has 0 heterocycles. The number of ether oxygens (including phenoxy) is 3. The quantitative estimate of drug-likeness (QED) is 0.580. The van der Waals surface area contributed by atoms with Gasteiger partial charge in [-0.3, -0.25) is 0 Å². The lowest BCUT2D eigenvalue weighted by atomic mass is 10.3. The molecule has 0 fully saturated rings. The Kier molecular flexibility index (Phi) is 14.1. The van der Waals surface area contributed by atoms with Gasteiger partial charge in [-0.15, -0.1) is 0 Å². The summed E-state index contributed by atoms with van der Waals surface area (Å²) < 4.78 is 14.8. The van der Waals surface area contributed by atoms with Gasteiger partial charge in [-0.1, -0.05) is 7.43 Å². The van der Waals surface area contributed by atoms with Gasteiger partial charge in [0.05, 0.1) is 13.2 Å². The van der Waals surface area contributed by atoms with Crippen LogP contribution in [0.2, 0.25) is 0 Å². The fraction of sp³-hybridized carbons (Fsp3) is 0.500. The van der Waals surface area contributed by atoms with Crippen molar-refractivity contribution in [3.05, 3.63) is 24.3 Å². The molecular formula is C14H24O4. The minimum absolute atomic E-state index is 0. The first-order chi connectivity index (χ1) is 8.28. The molecule has 18 heavy (non-hydrogen) atoms. The van der Waals surface area contributed by atoms with Crippen molar-refractivity contribution in [3.63, 3.8) is 0 Å². The van der Waals surface area contributed by atoms with Gasteiger partial charge in [0.1, 0.15) is 17.8 Å². The molecule has 0 aliphatic rings. The van der Waals surface area contributed by atoms with E-state index in [1.807, 2.05) is 31.2 Å². The van der Waals surface area contributed by atoms with Gasteiger partial charge in [-0.2, -0.15) is 0 Å². The van der Waals surface area contributed by atoms with Gasteiger partial charge in [-0.25, -0.2) is 0 Å². The number of aldehydes is 1. The van der Waals surface area contributed by atoms with Crippen LogP contribution in [0.25, 0.3) is 0 Å². The molecule has 0 saturated carbocycles. The van der Waals surface area contributed by atoms with Crippen molar-refractivity contribution in [2.75, 3.05) is 27.4 Å². The Balaban J connectivity index is 0. The third-order valence-corrected chi connectivity index (χ3v) is 1.64. The summed E-state index contributed by atoms with van der Waals surface area (Å²) in [5.74, 6) is 1.59. The Labute approximate surface area is 110 Å². The highest BCUT2D eigenvalue weighted by Gasteiger charge is 1.94. The lowest BCUT2D eigenvalue weighted by Crippen LogP contribution is -1.97. The third kappa shape index (κ3) is 9.66. The maximum atomic E-state index is 10.0. The van der Waals surface area contributed by atoms with Crippen LogP contribution in [0.3, 0.4) is 0 Å². The van der Waals surface area contributed by atoms with Gasteiger partial charge in [0, 0.05) is 20.6 Å². The van der Waals surface area contributed by atoms with Gasteiger partial charge >= 0.3 is 0 Å². The highest BCUT2D eigenvalue weighted by Crippen LogP contribution is 2.17. The van der Waals surface area contributed by atoms with E-state index in [1.54, 1.807) is 14.2 Å². The van der Waals surface area contributed by atoms with E-state index >= 15 is 0 Å². The number of methoxy groups -OCH3 is 1. The van der Waals surface area contributed by atoms with Gasteiger partial charge in [0.25, 0.3) is 0 Å². The van der Waals surface area contributed by atoms with E-state index in [-0.39, 0.29) is 7.43 Å². The fourth-order valence-corrected chi connectivity index (χ4v) is 1.02. The second kappa shape index (κ2) is 13.5. The van der Waals surface area contributed by atoms with E-state index in [0.717, 1.165) is 17.8 Å². The number of rotatable bonds is 6. The van der Waals surface area contributed by atoms with E-state index in [9.17, 15) is 4.79 Å². The molecule has 4 heteroatoms. The van der Waals surface area contributed by atoms with Crippen molar-refractivity contribution in [3.8, 4) is 11.5 Å². The smallest absolute Gasteiger partial charge is 0.123 e. The molecule has 0 aliphatic carbocycles. The van der Waals surface area contributed by atoms with Crippen LogP contribution in [-0.4, -0.2) is 33.7 Å². The van der Waals surface area contributed by atoms with Gasteiger partial charge in [0.15, 0.2) is 0 Å². The summed E-state index contributed by atoms with van der Waals surface area (Å²) in [7, 11) is 3.25. The van der Waals surface area contributed by atoms with E-state index < -0.39 is 0 Å². The molecule has 0 saturated heterocycles. The summed E-state index contributed by atoms with van der Waals surface area (Å²) in [6.07, 6.45) is 1.27. The molecule has 0 amide bonds. The van der Waals surface area contributed by atoms with Crippen molar-refractivity contribution in [2.24, 2.45) is 0 Å². The Morgan fingerprint density at radius 2 is 1.50 bits per heavy atom. The molecule has 104 valence electrons. The van der Waals surface area contributed by atoms with E-state index in [1.165, 1.54) is 0 Å². The molecule has 1 aromatic carbocycles. The zero-order chi connectivity index (χ0) is 12.9. The molecule has 0 spiro atoms. The lowest BCUT2D eigenvalue weighted by Gasteiger charge is -2.05. The number of benzene rings is 1. The third-order valence-electron chi connectivity index (χ3n) is 1.64. The topological polar surface area (TPSA) is 44.8 Å². The summed E-state index contributed by atoms with van der Waals surface area (Å²) in [4.78, 5) is 10.0. The highest BCUT2D eigenvalue weighted by atomic mass is 16.5. The van der Waals surface area contributed by atoms with Crippen LogP contribution >= 0.6 is 0 Å². The van der Waals surface area contributed by atoms with E-state index in [0.29, 0.717) is 19.6 Å². The molecule has 0 atom stereocenters. The van der Waals surface area contributed by atoms with Gasteiger partial charge in [-0.05, 0) is 31.2 Å². The standard InChI is InChI=1S/C11H14O3.C2H6O.CH4/c1-2-13-10-4-6-11(7-5-10)14-9-3-8-12;1-3-2;/h4-8H,2-3,9H2,1H3;1-2H3;1H4. The summed E-state index contributed by atoms with van der Waals surface area (Å²) in [6.45, 7) is 3.03. The Morgan fingerprint density at radius 1 is 1.06 bits per heavy atom. The molecule has 0 bridgehead atoms. The maximum absolute atomic E-state index is 10.0. The molecule has 0 aromatic heterocycles. The normalized spacial score (nSPS) is 8.39. The molecule has 0 radical (unpaired) electrons. The van der Waals surface area contributed by atoms with Crippen LogP contribution < -0.4 is 9.47 Å².